The third kappa shape index (κ3) is 11.7. The number of phenols is 1. The number of H-pyrrole nitrogens is 1. The monoisotopic (exact) mass is 809 g/mol. The highest BCUT2D eigenvalue weighted by Crippen LogP contribution is 2.28. The van der Waals surface area contributed by atoms with Crippen molar-refractivity contribution in [3.63, 3.8) is 0 Å². The first-order chi connectivity index (χ1) is 28.1. The van der Waals surface area contributed by atoms with Gasteiger partial charge < -0.3 is 47.1 Å². The Bertz CT molecular complexity index is 2120. The van der Waals surface area contributed by atoms with Crippen molar-refractivity contribution >= 4 is 46.4 Å². The number of nitrogens with zero attached hydrogens (tertiary/aromatic N) is 1. The van der Waals surface area contributed by atoms with Crippen molar-refractivity contribution < 1.29 is 39.0 Å². The van der Waals surface area contributed by atoms with Crippen LogP contribution in [0.2, 0.25) is 0 Å². The first-order valence-corrected chi connectivity index (χ1v) is 20.0. The summed E-state index contributed by atoms with van der Waals surface area (Å²) in [6.07, 6.45) is 0.616. The zero-order chi connectivity index (χ0) is 42.8. The zero-order valence-corrected chi connectivity index (χ0v) is 33.9. The second kappa shape index (κ2) is 20.0. The maximum atomic E-state index is 14.3. The van der Waals surface area contributed by atoms with Gasteiger partial charge in [0.25, 0.3) is 0 Å². The number of aliphatic carboxylic acids is 1. The van der Waals surface area contributed by atoms with Crippen molar-refractivity contribution in [2.24, 2.45) is 17.6 Å². The van der Waals surface area contributed by atoms with E-state index in [1.54, 1.807) is 49.4 Å². The Morgan fingerprint density at radius 3 is 2.12 bits per heavy atom. The third-order valence-corrected chi connectivity index (χ3v) is 10.9. The molecule has 5 rings (SSSR count). The van der Waals surface area contributed by atoms with Gasteiger partial charge in [0.2, 0.25) is 29.5 Å². The number of aromatic amines is 1. The van der Waals surface area contributed by atoms with Crippen molar-refractivity contribution in [1.29, 1.82) is 0 Å². The molecule has 0 fully saturated rings. The molecule has 0 radical (unpaired) electrons. The van der Waals surface area contributed by atoms with Gasteiger partial charge in [-0.15, -0.1) is 0 Å². The minimum atomic E-state index is -1.25. The average molecular weight is 810 g/mol. The molecule has 1 aromatic heterocycles. The number of para-hydroxylation sites is 1. The van der Waals surface area contributed by atoms with Gasteiger partial charge in [0, 0.05) is 48.3 Å². The summed E-state index contributed by atoms with van der Waals surface area (Å²) in [5, 5.41) is 31.6. The molecule has 0 aliphatic carbocycles. The first-order valence-electron chi connectivity index (χ1n) is 20.0. The van der Waals surface area contributed by atoms with E-state index in [1.165, 1.54) is 17.0 Å². The summed E-state index contributed by atoms with van der Waals surface area (Å²) >= 11 is 0. The van der Waals surface area contributed by atoms with Crippen molar-refractivity contribution in [2.45, 2.75) is 96.6 Å². The molecule has 0 saturated carbocycles. The number of nitrogens with two attached hydrogens (primary N) is 1. The van der Waals surface area contributed by atoms with Crippen LogP contribution in [0.1, 0.15) is 62.9 Å². The largest absolute Gasteiger partial charge is 0.508 e. The van der Waals surface area contributed by atoms with E-state index < -0.39 is 78.2 Å². The lowest BCUT2D eigenvalue weighted by molar-refractivity contribution is -0.143. The van der Waals surface area contributed by atoms with E-state index in [1.807, 2.05) is 45.0 Å². The highest BCUT2D eigenvalue weighted by atomic mass is 16.4. The number of fused-ring (bicyclic) bond motifs is 3. The highest BCUT2D eigenvalue weighted by Gasteiger charge is 2.37. The first kappa shape index (κ1) is 43.9. The molecule has 0 spiro atoms. The molecule has 0 bridgehead atoms. The van der Waals surface area contributed by atoms with Gasteiger partial charge in [-0.25, -0.2) is 4.79 Å². The van der Waals surface area contributed by atoms with Crippen LogP contribution >= 0.6 is 0 Å². The number of phenolic OH excluding ortho intramolecular Hbond substituents is 1. The number of hydrogen-bond acceptors (Lipinski definition) is 8. The molecular weight excluding hydrogens is 755 g/mol. The van der Waals surface area contributed by atoms with Crippen LogP contribution in [0.25, 0.3) is 10.9 Å². The average Bonchev–Trinajstić information content (AvgIpc) is 3.49. The Morgan fingerprint density at radius 1 is 0.831 bits per heavy atom. The fourth-order valence-electron chi connectivity index (χ4n) is 7.11. The van der Waals surface area contributed by atoms with E-state index in [9.17, 15) is 39.0 Å². The van der Waals surface area contributed by atoms with E-state index in [4.69, 9.17) is 5.73 Å². The van der Waals surface area contributed by atoms with Gasteiger partial charge in [0.15, 0.2) is 0 Å². The molecule has 0 unspecified atom stereocenters. The molecule has 5 amide bonds. The predicted octanol–water partition coefficient (Wildman–Crippen LogP) is 2.69. The number of aromatic hydroxyl groups is 1. The van der Waals surface area contributed by atoms with Crippen LogP contribution in [0.5, 0.6) is 5.75 Å². The fourth-order valence-corrected chi connectivity index (χ4v) is 7.11. The molecule has 59 heavy (non-hydrogen) atoms. The summed E-state index contributed by atoms with van der Waals surface area (Å²) in [4.78, 5) is 86.1. The van der Waals surface area contributed by atoms with Gasteiger partial charge >= 0.3 is 5.97 Å². The van der Waals surface area contributed by atoms with Crippen LogP contribution in [0, 0.1) is 11.8 Å². The number of amides is 5. The molecule has 15 heteroatoms. The predicted molar refractivity (Wildman–Crippen MR) is 222 cm³/mol. The smallest absolute Gasteiger partial charge is 0.326 e. The SMILES string of the molecule is CC[C@H](C)[C@H](NC(=O)[C@H](Cc1ccc(O)cc1)NC(=O)C[C@@H](N)C(C)C)C(=O)N[C@H]1Cc2c([nH]c3ccccc23)CN(CC(=O)N[C@@H](Cc2ccccc2)C(=O)O)C1=O. The molecule has 1 aliphatic rings. The Kier molecular flexibility index (Phi) is 14.9. The molecule has 314 valence electrons. The van der Waals surface area contributed by atoms with E-state index in [-0.39, 0.29) is 43.9 Å². The molecule has 1 aliphatic heterocycles. The standard InChI is InChI=1S/C44H55N7O8/c1-5-26(4)40(50-41(55)34(19-28-15-17-29(52)18-16-28)47-38(53)22-32(45)25(2)3)42(56)49-35-21-31-30-13-9-10-14-33(30)46-37(31)23-51(43(35)57)24-39(54)48-36(44(58)59)20-27-11-7-6-8-12-27/h6-18,25-26,32,34-36,40,46,52H,5,19-24,45H2,1-4H3,(H,47,53)(H,48,54)(H,49,56)(H,50,55)(H,58,59)/t26-,32+,34-,35-,36-,40-/m0/s1. The maximum Gasteiger partial charge on any atom is 0.326 e. The van der Waals surface area contributed by atoms with Crippen LogP contribution in [0.3, 0.4) is 0 Å². The lowest BCUT2D eigenvalue weighted by Gasteiger charge is -2.30. The Labute approximate surface area is 343 Å². The highest BCUT2D eigenvalue weighted by molar-refractivity contribution is 5.97. The number of carbonyl (C=O) groups is 6. The normalized spacial score (nSPS) is 16.5. The molecule has 0 saturated heterocycles. The number of benzene rings is 3. The van der Waals surface area contributed by atoms with E-state index in [2.05, 4.69) is 26.3 Å². The fraction of sp³-hybridized carbons (Fsp3) is 0.409. The number of nitrogens with one attached hydrogen (secondary N) is 5. The summed E-state index contributed by atoms with van der Waals surface area (Å²) in [7, 11) is 0. The topological polar surface area (TPSA) is 236 Å². The number of carboxylic acids is 1. The van der Waals surface area contributed by atoms with Crippen molar-refractivity contribution in [2.75, 3.05) is 6.54 Å². The summed E-state index contributed by atoms with van der Waals surface area (Å²) < 4.78 is 0. The van der Waals surface area contributed by atoms with E-state index in [0.29, 0.717) is 23.2 Å². The summed E-state index contributed by atoms with van der Waals surface area (Å²) in [6, 6.07) is 17.5. The number of carbonyl (C=O) groups excluding carboxylic acids is 5. The zero-order valence-electron chi connectivity index (χ0n) is 33.9. The molecule has 9 N–H and O–H groups in total. The maximum absolute atomic E-state index is 14.3. The van der Waals surface area contributed by atoms with E-state index in [0.717, 1.165) is 16.5 Å². The van der Waals surface area contributed by atoms with Crippen LogP contribution in [-0.4, -0.2) is 92.4 Å². The number of hydrogen-bond donors (Lipinski definition) is 8. The summed E-state index contributed by atoms with van der Waals surface area (Å²) in [5.74, 6) is -4.54. The van der Waals surface area contributed by atoms with Crippen molar-refractivity contribution in [3.05, 3.63) is 101 Å². The summed E-state index contributed by atoms with van der Waals surface area (Å²) in [5.41, 5.74) is 9.76. The van der Waals surface area contributed by atoms with Crippen molar-refractivity contribution in [3.8, 4) is 5.75 Å². The van der Waals surface area contributed by atoms with Gasteiger partial charge in [-0.1, -0.05) is 94.8 Å². The molecule has 3 aromatic carbocycles. The van der Waals surface area contributed by atoms with Crippen LogP contribution in [0.15, 0.2) is 78.9 Å². The van der Waals surface area contributed by atoms with Crippen LogP contribution in [-0.2, 0) is 54.6 Å². The molecule has 4 aromatic rings. The number of carboxylic acid groups (broad SMARTS) is 1. The van der Waals surface area contributed by atoms with Crippen molar-refractivity contribution in [1.82, 2.24) is 31.2 Å². The minimum Gasteiger partial charge on any atom is -0.508 e. The quantitative estimate of drug-likeness (QED) is 0.0737. The molecule has 6 atom stereocenters. The lowest BCUT2D eigenvalue weighted by atomic mass is 9.96. The minimum absolute atomic E-state index is 0.0102. The Morgan fingerprint density at radius 2 is 1.46 bits per heavy atom. The lowest BCUT2D eigenvalue weighted by Crippen LogP contribution is -2.59. The van der Waals surface area contributed by atoms with Gasteiger partial charge in [-0.3, -0.25) is 24.0 Å². The summed E-state index contributed by atoms with van der Waals surface area (Å²) in [6.45, 7) is 6.94. The van der Waals surface area contributed by atoms with Crippen LogP contribution in [0.4, 0.5) is 0 Å². The Hall–Kier alpha value is -6.22. The molecule has 15 nitrogen and oxygen atoms in total. The Balaban J connectivity index is 1.38. The second-order valence-corrected chi connectivity index (χ2v) is 15.7. The molecular formula is C44H55N7O8. The van der Waals surface area contributed by atoms with Gasteiger partial charge in [-0.05, 0) is 46.7 Å². The van der Waals surface area contributed by atoms with Gasteiger partial charge in [0.1, 0.15) is 36.5 Å². The third-order valence-electron chi connectivity index (χ3n) is 10.9. The molecule has 2 heterocycles. The van der Waals surface area contributed by atoms with Crippen LogP contribution < -0.4 is 27.0 Å². The second-order valence-electron chi connectivity index (χ2n) is 15.7. The van der Waals surface area contributed by atoms with Gasteiger partial charge in [0.05, 0.1) is 6.54 Å². The number of rotatable bonds is 18. The van der Waals surface area contributed by atoms with Gasteiger partial charge in [-0.2, -0.15) is 0 Å². The van der Waals surface area contributed by atoms with E-state index >= 15 is 0 Å². The number of aromatic nitrogens is 1.